The zero-order valence-corrected chi connectivity index (χ0v) is 10.4. The number of rotatable bonds is 5. The van der Waals surface area contributed by atoms with Gasteiger partial charge in [0.25, 0.3) is 0 Å². The van der Waals surface area contributed by atoms with Gasteiger partial charge in [-0.15, -0.1) is 0 Å². The topological polar surface area (TPSA) is 59.1 Å². The Kier molecular flexibility index (Phi) is 5.16. The van der Waals surface area contributed by atoms with Crippen LogP contribution in [0.3, 0.4) is 0 Å². The van der Waals surface area contributed by atoms with E-state index in [9.17, 15) is 9.13 Å². The second-order valence-corrected chi connectivity index (χ2v) is 5.34. The quantitative estimate of drug-likeness (QED) is 0.847. The van der Waals surface area contributed by atoms with Gasteiger partial charge in [0, 0.05) is 12.7 Å². The molecular formula is C7H7BrN2O2P2. The fraction of sp³-hybridized carbons (Fsp3) is 0.286. The molecule has 0 radical (unpaired) electrons. The van der Waals surface area contributed by atoms with E-state index in [0.717, 1.165) is 4.47 Å². The third-order valence-electron chi connectivity index (χ3n) is 1.45. The van der Waals surface area contributed by atoms with Crippen molar-refractivity contribution in [3.63, 3.8) is 0 Å². The van der Waals surface area contributed by atoms with Crippen LogP contribution in [-0.2, 0) is 9.13 Å². The van der Waals surface area contributed by atoms with Gasteiger partial charge >= 0.3 is 0 Å². The number of pyridine rings is 1. The highest BCUT2D eigenvalue weighted by Crippen LogP contribution is 2.22. The Morgan fingerprint density at radius 1 is 1.50 bits per heavy atom. The second-order valence-electron chi connectivity index (χ2n) is 2.41. The van der Waals surface area contributed by atoms with E-state index in [-0.39, 0.29) is 16.9 Å². The smallest absolute Gasteiger partial charge is 0.173 e. The Morgan fingerprint density at radius 2 is 2.21 bits per heavy atom. The summed E-state index contributed by atoms with van der Waals surface area (Å²) in [6.07, 6.45) is 1.64. The van der Waals surface area contributed by atoms with E-state index in [1.165, 1.54) is 0 Å². The van der Waals surface area contributed by atoms with Gasteiger partial charge in [-0.05, 0) is 28.1 Å². The van der Waals surface area contributed by atoms with Gasteiger partial charge in [-0.25, -0.2) is 4.98 Å². The summed E-state index contributed by atoms with van der Waals surface area (Å²) in [5, 5.41) is 2.52. The minimum Gasteiger partial charge on any atom is -0.367 e. The van der Waals surface area contributed by atoms with Crippen molar-refractivity contribution in [3.05, 3.63) is 22.8 Å². The van der Waals surface area contributed by atoms with Crippen LogP contribution in [0.2, 0.25) is 0 Å². The highest BCUT2D eigenvalue weighted by Gasteiger charge is 2.08. The molecule has 0 aromatic carbocycles. The number of nitrogens with zero attached hydrogens (tertiary/aromatic N) is 1. The van der Waals surface area contributed by atoms with Crippen molar-refractivity contribution >= 4 is 38.7 Å². The van der Waals surface area contributed by atoms with E-state index in [1.54, 1.807) is 12.3 Å². The van der Waals surface area contributed by atoms with Crippen molar-refractivity contribution in [1.29, 1.82) is 0 Å². The number of hydrogen-bond acceptors (Lipinski definition) is 4. The van der Waals surface area contributed by atoms with Crippen molar-refractivity contribution in [3.8, 4) is 0 Å². The molecule has 0 saturated carbocycles. The van der Waals surface area contributed by atoms with Crippen LogP contribution in [0.25, 0.3) is 0 Å². The first kappa shape index (κ1) is 11.7. The molecule has 0 bridgehead atoms. The van der Waals surface area contributed by atoms with Crippen LogP contribution in [0.1, 0.15) is 0 Å². The lowest BCUT2D eigenvalue weighted by Gasteiger charge is -2.06. The monoisotopic (exact) mass is 292 g/mol. The minimum absolute atomic E-state index is 0.134. The van der Waals surface area contributed by atoms with Crippen molar-refractivity contribution in [2.24, 2.45) is 0 Å². The number of anilines is 1. The zero-order chi connectivity index (χ0) is 10.4. The molecule has 1 heterocycles. The molecular weight excluding hydrogens is 286 g/mol. The van der Waals surface area contributed by atoms with Gasteiger partial charge in [0.1, 0.15) is 11.2 Å². The molecule has 0 atom stereocenters. The second kappa shape index (κ2) is 6.18. The molecule has 1 N–H and O–H groups in total. The van der Waals surface area contributed by atoms with E-state index in [1.807, 2.05) is 6.07 Å². The molecule has 1 aromatic rings. The van der Waals surface area contributed by atoms with Crippen LogP contribution in [0, 0.1) is 0 Å². The maximum absolute atomic E-state index is 10.5. The summed E-state index contributed by atoms with van der Waals surface area (Å²) >= 11 is 3.30. The average Bonchev–Trinajstić information content (AvgIpc) is 2.22. The normalized spacial score (nSPS) is 12.9. The van der Waals surface area contributed by atoms with Gasteiger partial charge in [0.2, 0.25) is 0 Å². The van der Waals surface area contributed by atoms with E-state index < -0.39 is 5.40 Å². The highest BCUT2D eigenvalue weighted by atomic mass is 79.9. The van der Waals surface area contributed by atoms with E-state index >= 15 is 0 Å². The molecule has 0 fully saturated rings. The summed E-state index contributed by atoms with van der Waals surface area (Å²) in [5.41, 5.74) is 0. The molecule has 1 rings (SSSR count). The Bertz CT molecular complexity index is 329. The van der Waals surface area contributed by atoms with Gasteiger partial charge in [-0.3, -0.25) is 9.13 Å². The predicted octanol–water partition coefficient (Wildman–Crippen LogP) is 3.17. The standard InChI is InChI=1S/C7H7BrN2O2P2/c8-5-2-1-3-9-7(5)10-4-6(13-11)14-12/h1-3,6H,4H2,(H,9,10). The molecule has 14 heavy (non-hydrogen) atoms. The summed E-state index contributed by atoms with van der Waals surface area (Å²) in [5.74, 6) is 0.657. The Balaban J connectivity index is 2.57. The lowest BCUT2D eigenvalue weighted by Crippen LogP contribution is -2.10. The first-order valence-corrected chi connectivity index (χ1v) is 6.33. The van der Waals surface area contributed by atoms with E-state index in [0.29, 0.717) is 12.4 Å². The fourth-order valence-corrected chi connectivity index (χ4v) is 1.68. The number of hydrogen-bond donors (Lipinski definition) is 1. The van der Waals surface area contributed by atoms with Crippen molar-refractivity contribution < 1.29 is 9.13 Å². The molecule has 7 heteroatoms. The van der Waals surface area contributed by atoms with Gasteiger partial charge in [-0.2, -0.15) is 0 Å². The largest absolute Gasteiger partial charge is 0.367 e. The van der Waals surface area contributed by atoms with Crippen molar-refractivity contribution in [2.75, 3.05) is 11.9 Å². The highest BCUT2D eigenvalue weighted by molar-refractivity contribution is 9.10. The third kappa shape index (κ3) is 3.41. The first-order valence-electron chi connectivity index (χ1n) is 3.77. The molecule has 0 spiro atoms. The molecule has 0 unspecified atom stereocenters. The molecule has 1 aromatic heterocycles. The van der Waals surface area contributed by atoms with Crippen molar-refractivity contribution in [2.45, 2.75) is 5.40 Å². The Morgan fingerprint density at radius 3 is 2.79 bits per heavy atom. The van der Waals surface area contributed by atoms with Gasteiger partial charge in [0.15, 0.2) is 16.9 Å². The summed E-state index contributed by atoms with van der Waals surface area (Å²) in [4.78, 5) is 4.05. The van der Waals surface area contributed by atoms with Crippen LogP contribution in [-0.4, -0.2) is 16.9 Å². The molecule has 0 saturated heterocycles. The van der Waals surface area contributed by atoms with Gasteiger partial charge < -0.3 is 5.32 Å². The Labute approximate surface area is 93.0 Å². The van der Waals surface area contributed by atoms with Gasteiger partial charge in [-0.1, -0.05) is 0 Å². The SMILES string of the molecule is O=PC(CNc1ncccc1Br)P=O. The fourth-order valence-electron chi connectivity index (χ4n) is 0.798. The van der Waals surface area contributed by atoms with Gasteiger partial charge in [0.05, 0.1) is 4.47 Å². The van der Waals surface area contributed by atoms with Crippen LogP contribution >= 0.6 is 32.9 Å². The molecule has 74 valence electrons. The molecule has 0 amide bonds. The van der Waals surface area contributed by atoms with Crippen LogP contribution < -0.4 is 5.32 Å². The maximum atomic E-state index is 10.5. The summed E-state index contributed by atoms with van der Waals surface area (Å²) in [7, 11) is -0.268. The van der Waals surface area contributed by atoms with Crippen molar-refractivity contribution in [1.82, 2.24) is 4.98 Å². The number of halogens is 1. The molecule has 0 aliphatic carbocycles. The van der Waals surface area contributed by atoms with E-state index in [2.05, 4.69) is 26.2 Å². The summed E-state index contributed by atoms with van der Waals surface area (Å²) < 4.78 is 21.7. The van der Waals surface area contributed by atoms with E-state index in [4.69, 9.17) is 0 Å². The lowest BCUT2D eigenvalue weighted by molar-refractivity contribution is 0.588. The number of nitrogens with one attached hydrogen (secondary N) is 1. The first-order chi connectivity index (χ1) is 6.77. The Hall–Kier alpha value is -0.370. The summed E-state index contributed by atoms with van der Waals surface area (Å²) in [6.45, 7) is 0.353. The number of aromatic nitrogens is 1. The van der Waals surface area contributed by atoms with Crippen LogP contribution in [0.4, 0.5) is 5.82 Å². The lowest BCUT2D eigenvalue weighted by atomic mass is 10.4. The average molecular weight is 293 g/mol. The molecule has 0 aliphatic heterocycles. The third-order valence-corrected chi connectivity index (χ3v) is 3.51. The minimum atomic E-state index is -0.427. The maximum Gasteiger partial charge on any atom is 0.173 e. The molecule has 0 aliphatic rings. The zero-order valence-electron chi connectivity index (χ0n) is 7.05. The predicted molar refractivity (Wildman–Crippen MR) is 59.4 cm³/mol. The molecule has 4 nitrogen and oxygen atoms in total. The van der Waals surface area contributed by atoms with Crippen LogP contribution in [0.5, 0.6) is 0 Å². The summed E-state index contributed by atoms with van der Waals surface area (Å²) in [6, 6.07) is 3.64. The van der Waals surface area contributed by atoms with Crippen LogP contribution in [0.15, 0.2) is 22.8 Å².